The van der Waals surface area contributed by atoms with Crippen molar-refractivity contribution in [2.75, 3.05) is 7.11 Å². The van der Waals surface area contributed by atoms with E-state index in [4.69, 9.17) is 9.26 Å². The van der Waals surface area contributed by atoms with Crippen LogP contribution in [-0.2, 0) is 12.8 Å². The first kappa shape index (κ1) is 14.3. The number of hydrogen-bond donors (Lipinski definition) is 0. The molecule has 0 amide bonds. The number of ether oxygens (including phenoxy) is 1. The molecule has 112 valence electrons. The predicted molar refractivity (Wildman–Crippen MR) is 84.9 cm³/mol. The van der Waals surface area contributed by atoms with Crippen LogP contribution in [0, 0.1) is 0 Å². The molecule has 0 spiro atoms. The summed E-state index contributed by atoms with van der Waals surface area (Å²) in [6.45, 7) is 2.13. The zero-order chi connectivity index (χ0) is 15.4. The summed E-state index contributed by atoms with van der Waals surface area (Å²) in [6, 6.07) is 16.1. The zero-order valence-electron chi connectivity index (χ0n) is 12.7. The largest absolute Gasteiger partial charge is 0.497 e. The lowest BCUT2D eigenvalue weighted by molar-refractivity contribution is 0.414. The molecule has 1 heterocycles. The molecule has 0 atom stereocenters. The quantitative estimate of drug-likeness (QED) is 0.716. The van der Waals surface area contributed by atoms with Crippen LogP contribution in [0.2, 0.25) is 0 Å². The van der Waals surface area contributed by atoms with E-state index in [-0.39, 0.29) is 0 Å². The van der Waals surface area contributed by atoms with Crippen molar-refractivity contribution in [1.29, 1.82) is 0 Å². The summed E-state index contributed by atoms with van der Waals surface area (Å²) in [5.41, 5.74) is 3.36. The first-order chi connectivity index (χ1) is 10.8. The molecular formula is C18H18N2O2. The number of benzene rings is 2. The highest BCUT2D eigenvalue weighted by Crippen LogP contribution is 2.19. The Labute approximate surface area is 129 Å². The molecule has 1 aromatic heterocycles. The molecule has 0 aliphatic heterocycles. The maximum atomic E-state index is 5.36. The smallest absolute Gasteiger partial charge is 0.257 e. The first-order valence-electron chi connectivity index (χ1n) is 7.33. The van der Waals surface area contributed by atoms with Gasteiger partial charge in [-0.05, 0) is 41.8 Å². The lowest BCUT2D eigenvalue weighted by atomic mass is 10.1. The Balaban J connectivity index is 1.74. The van der Waals surface area contributed by atoms with Gasteiger partial charge in [-0.1, -0.05) is 36.3 Å². The molecule has 2 aromatic carbocycles. The third-order valence-corrected chi connectivity index (χ3v) is 3.60. The highest BCUT2D eigenvalue weighted by Gasteiger charge is 2.09. The minimum Gasteiger partial charge on any atom is -0.497 e. The maximum Gasteiger partial charge on any atom is 0.257 e. The summed E-state index contributed by atoms with van der Waals surface area (Å²) in [7, 11) is 1.66. The number of methoxy groups -OCH3 is 1. The zero-order valence-corrected chi connectivity index (χ0v) is 12.7. The molecule has 4 heteroatoms. The number of nitrogens with zero attached hydrogens (tertiary/aromatic N) is 2. The van der Waals surface area contributed by atoms with Crippen LogP contribution in [0.3, 0.4) is 0 Å². The number of hydrogen-bond acceptors (Lipinski definition) is 4. The second kappa shape index (κ2) is 6.43. The van der Waals surface area contributed by atoms with Crippen molar-refractivity contribution in [1.82, 2.24) is 10.1 Å². The van der Waals surface area contributed by atoms with E-state index in [9.17, 15) is 0 Å². The summed E-state index contributed by atoms with van der Waals surface area (Å²) >= 11 is 0. The van der Waals surface area contributed by atoms with Crippen molar-refractivity contribution in [2.24, 2.45) is 0 Å². The standard InChI is InChI=1S/C18H18N2O2/c1-3-13-4-8-15(9-5-13)18-19-17(20-22-18)12-14-6-10-16(21-2)11-7-14/h4-11H,3,12H2,1-2H3. The lowest BCUT2D eigenvalue weighted by Crippen LogP contribution is -1.91. The Morgan fingerprint density at radius 2 is 1.64 bits per heavy atom. The van der Waals surface area contributed by atoms with Crippen molar-refractivity contribution < 1.29 is 9.26 Å². The van der Waals surface area contributed by atoms with Crippen molar-refractivity contribution in [3.8, 4) is 17.2 Å². The monoisotopic (exact) mass is 294 g/mol. The van der Waals surface area contributed by atoms with E-state index in [1.165, 1.54) is 5.56 Å². The number of rotatable bonds is 5. The Kier molecular flexibility index (Phi) is 4.19. The third-order valence-electron chi connectivity index (χ3n) is 3.60. The molecule has 0 unspecified atom stereocenters. The van der Waals surface area contributed by atoms with Gasteiger partial charge in [-0.15, -0.1) is 0 Å². The first-order valence-corrected chi connectivity index (χ1v) is 7.33. The third kappa shape index (κ3) is 3.17. The van der Waals surface area contributed by atoms with Crippen LogP contribution in [0.15, 0.2) is 53.1 Å². The number of aromatic nitrogens is 2. The van der Waals surface area contributed by atoms with Crippen molar-refractivity contribution in [3.63, 3.8) is 0 Å². The van der Waals surface area contributed by atoms with Crippen LogP contribution in [0.5, 0.6) is 5.75 Å². The van der Waals surface area contributed by atoms with E-state index < -0.39 is 0 Å². The van der Waals surface area contributed by atoms with Gasteiger partial charge in [0.15, 0.2) is 5.82 Å². The van der Waals surface area contributed by atoms with Gasteiger partial charge < -0.3 is 9.26 Å². The van der Waals surface area contributed by atoms with E-state index in [1.807, 2.05) is 36.4 Å². The molecule has 3 aromatic rings. The van der Waals surface area contributed by atoms with E-state index in [0.717, 1.165) is 23.3 Å². The second-order valence-corrected chi connectivity index (χ2v) is 5.09. The van der Waals surface area contributed by atoms with Crippen LogP contribution < -0.4 is 4.74 Å². The maximum absolute atomic E-state index is 5.36. The molecule has 0 saturated carbocycles. The minimum absolute atomic E-state index is 0.561. The highest BCUT2D eigenvalue weighted by molar-refractivity contribution is 5.53. The molecule has 3 rings (SSSR count). The summed E-state index contributed by atoms with van der Waals surface area (Å²) in [6.07, 6.45) is 1.66. The SMILES string of the molecule is CCc1ccc(-c2nc(Cc3ccc(OC)cc3)no2)cc1. The van der Waals surface area contributed by atoms with Crippen LogP contribution in [0.4, 0.5) is 0 Å². The molecule has 0 aliphatic rings. The Bertz CT molecular complexity index is 731. The minimum atomic E-state index is 0.561. The van der Waals surface area contributed by atoms with Crippen molar-refractivity contribution in [3.05, 3.63) is 65.5 Å². The fourth-order valence-corrected chi connectivity index (χ4v) is 2.25. The molecule has 0 saturated heterocycles. The van der Waals surface area contributed by atoms with Crippen LogP contribution in [0.1, 0.15) is 23.9 Å². The van der Waals surface area contributed by atoms with E-state index >= 15 is 0 Å². The Hall–Kier alpha value is -2.62. The van der Waals surface area contributed by atoms with Gasteiger partial charge in [0.25, 0.3) is 5.89 Å². The van der Waals surface area contributed by atoms with E-state index in [0.29, 0.717) is 18.1 Å². The summed E-state index contributed by atoms with van der Waals surface area (Å²) in [5.74, 6) is 2.08. The summed E-state index contributed by atoms with van der Waals surface area (Å²) < 4.78 is 10.5. The Morgan fingerprint density at radius 1 is 0.955 bits per heavy atom. The average Bonchev–Trinajstić information content (AvgIpc) is 3.04. The van der Waals surface area contributed by atoms with Gasteiger partial charge in [0, 0.05) is 12.0 Å². The van der Waals surface area contributed by atoms with E-state index in [1.54, 1.807) is 7.11 Å². The van der Waals surface area contributed by atoms with Crippen LogP contribution in [-0.4, -0.2) is 17.3 Å². The van der Waals surface area contributed by atoms with Gasteiger partial charge in [0.05, 0.1) is 7.11 Å². The van der Waals surface area contributed by atoms with Gasteiger partial charge >= 0.3 is 0 Å². The summed E-state index contributed by atoms with van der Waals surface area (Å²) in [5, 5.41) is 4.06. The second-order valence-electron chi connectivity index (χ2n) is 5.09. The number of aryl methyl sites for hydroxylation is 1. The fraction of sp³-hybridized carbons (Fsp3) is 0.222. The summed E-state index contributed by atoms with van der Waals surface area (Å²) in [4.78, 5) is 4.46. The van der Waals surface area contributed by atoms with Crippen LogP contribution >= 0.6 is 0 Å². The van der Waals surface area contributed by atoms with Gasteiger partial charge in [-0.3, -0.25) is 0 Å². The van der Waals surface area contributed by atoms with Gasteiger partial charge in [0.2, 0.25) is 0 Å². The fourth-order valence-electron chi connectivity index (χ4n) is 2.25. The molecule has 0 bridgehead atoms. The van der Waals surface area contributed by atoms with Crippen LogP contribution in [0.25, 0.3) is 11.5 Å². The van der Waals surface area contributed by atoms with Gasteiger partial charge in [-0.25, -0.2) is 0 Å². The normalized spacial score (nSPS) is 10.6. The molecule has 4 nitrogen and oxygen atoms in total. The van der Waals surface area contributed by atoms with E-state index in [2.05, 4.69) is 29.2 Å². The molecule has 0 fully saturated rings. The molecule has 0 radical (unpaired) electrons. The average molecular weight is 294 g/mol. The van der Waals surface area contributed by atoms with Gasteiger partial charge in [0.1, 0.15) is 5.75 Å². The highest BCUT2D eigenvalue weighted by atomic mass is 16.5. The van der Waals surface area contributed by atoms with Crippen molar-refractivity contribution in [2.45, 2.75) is 19.8 Å². The lowest BCUT2D eigenvalue weighted by Gasteiger charge is -2.00. The molecular weight excluding hydrogens is 276 g/mol. The topological polar surface area (TPSA) is 48.2 Å². The molecule has 22 heavy (non-hydrogen) atoms. The molecule has 0 N–H and O–H groups in total. The van der Waals surface area contributed by atoms with Crippen molar-refractivity contribution >= 4 is 0 Å². The Morgan fingerprint density at radius 3 is 2.27 bits per heavy atom. The van der Waals surface area contributed by atoms with Gasteiger partial charge in [-0.2, -0.15) is 4.98 Å². The molecule has 0 aliphatic carbocycles. The predicted octanol–water partition coefficient (Wildman–Crippen LogP) is 3.90.